The van der Waals surface area contributed by atoms with Crippen LogP contribution in [-0.4, -0.2) is 59.1 Å². The molecular weight excluding hydrogens is 510 g/mol. The lowest BCUT2D eigenvalue weighted by Crippen LogP contribution is -2.60. The lowest BCUT2D eigenvalue weighted by Gasteiger charge is -2.36. The summed E-state index contributed by atoms with van der Waals surface area (Å²) in [6, 6.07) is 4.31. The van der Waals surface area contributed by atoms with E-state index in [0.717, 1.165) is 36.6 Å². The number of nitrogens with one attached hydrogen (secondary N) is 2. The van der Waals surface area contributed by atoms with E-state index in [0.29, 0.717) is 24.4 Å². The van der Waals surface area contributed by atoms with Gasteiger partial charge in [0.2, 0.25) is 5.91 Å². The van der Waals surface area contributed by atoms with Crippen molar-refractivity contribution in [1.82, 2.24) is 15.5 Å². The second-order valence-electron chi connectivity index (χ2n) is 8.52. The van der Waals surface area contributed by atoms with Crippen molar-refractivity contribution in [2.75, 3.05) is 13.1 Å². The van der Waals surface area contributed by atoms with Crippen molar-refractivity contribution in [3.8, 4) is 5.75 Å². The molecule has 2 N–H and O–H groups in total. The molecule has 2 fully saturated rings. The van der Waals surface area contributed by atoms with Crippen molar-refractivity contribution in [3.63, 3.8) is 0 Å². The number of benzene rings is 1. The Morgan fingerprint density at radius 2 is 2.00 bits per heavy atom. The summed E-state index contributed by atoms with van der Waals surface area (Å²) in [6.45, 7) is 4.48. The molecule has 8 nitrogen and oxygen atoms in total. The number of hydrogen-bond acceptors (Lipinski definition) is 6. The van der Waals surface area contributed by atoms with Gasteiger partial charge in [-0.05, 0) is 69.9 Å². The zero-order valence-electron chi connectivity index (χ0n) is 18.9. The maximum Gasteiger partial charge on any atom is 0.308 e. The number of esters is 1. The summed E-state index contributed by atoms with van der Waals surface area (Å²) >= 11 is 8.84. The lowest BCUT2D eigenvalue weighted by molar-refractivity contribution is -0.153. The van der Waals surface area contributed by atoms with E-state index in [2.05, 4.69) is 26.6 Å². The number of hydrogen-bond donors (Lipinski definition) is 2. The molecule has 2 aliphatic rings. The summed E-state index contributed by atoms with van der Waals surface area (Å²) in [5.74, 6) is -0.767. The van der Waals surface area contributed by atoms with Crippen LogP contribution in [0.5, 0.6) is 5.75 Å². The standard InChI is InChI=1S/C23H30BrN3O5S/c1-14(2)31-19-9-8-15(24)12-17(19)21(29)26-23(33)27-11-10-25-22(30)18(27)13-20(28)32-16-6-4-3-5-7-16/h8-9,12,14,16,18H,3-7,10-11,13H2,1-2H3,(H,25,30)(H,26,29,33). The number of halogens is 1. The van der Waals surface area contributed by atoms with Crippen LogP contribution >= 0.6 is 28.1 Å². The molecule has 0 aromatic heterocycles. The number of piperazine rings is 1. The fourth-order valence-electron chi connectivity index (χ4n) is 4.01. The van der Waals surface area contributed by atoms with Crippen LogP contribution in [0.25, 0.3) is 0 Å². The van der Waals surface area contributed by atoms with Gasteiger partial charge in [-0.15, -0.1) is 0 Å². The van der Waals surface area contributed by atoms with Crippen molar-refractivity contribution in [2.24, 2.45) is 0 Å². The second-order valence-corrected chi connectivity index (χ2v) is 9.82. The highest BCUT2D eigenvalue weighted by Gasteiger charge is 2.35. The fraction of sp³-hybridized carbons (Fsp3) is 0.565. The van der Waals surface area contributed by atoms with Gasteiger partial charge < -0.3 is 19.7 Å². The minimum Gasteiger partial charge on any atom is -0.490 e. The number of carbonyl (C=O) groups is 3. The van der Waals surface area contributed by atoms with Crippen molar-refractivity contribution < 1.29 is 23.9 Å². The van der Waals surface area contributed by atoms with Gasteiger partial charge in [-0.1, -0.05) is 22.4 Å². The highest BCUT2D eigenvalue weighted by Crippen LogP contribution is 2.25. The van der Waals surface area contributed by atoms with Crippen molar-refractivity contribution in [3.05, 3.63) is 28.2 Å². The van der Waals surface area contributed by atoms with Crippen LogP contribution in [-0.2, 0) is 14.3 Å². The molecule has 1 saturated heterocycles. The first-order valence-electron chi connectivity index (χ1n) is 11.3. The summed E-state index contributed by atoms with van der Waals surface area (Å²) in [4.78, 5) is 39.7. The number of amides is 2. The first-order valence-corrected chi connectivity index (χ1v) is 12.5. The third-order valence-corrected chi connectivity index (χ3v) is 6.40. The van der Waals surface area contributed by atoms with Crippen LogP contribution in [0.4, 0.5) is 0 Å². The van der Waals surface area contributed by atoms with E-state index in [9.17, 15) is 14.4 Å². The summed E-state index contributed by atoms with van der Waals surface area (Å²) in [5, 5.41) is 5.54. The van der Waals surface area contributed by atoms with Crippen molar-refractivity contribution in [1.29, 1.82) is 0 Å². The van der Waals surface area contributed by atoms with Crippen molar-refractivity contribution in [2.45, 2.75) is 70.6 Å². The Kier molecular flexibility index (Phi) is 9.08. The molecule has 0 bridgehead atoms. The van der Waals surface area contributed by atoms with Gasteiger partial charge in [0.1, 0.15) is 17.9 Å². The molecule has 33 heavy (non-hydrogen) atoms. The third kappa shape index (κ3) is 7.14. The van der Waals surface area contributed by atoms with E-state index in [-0.39, 0.29) is 29.6 Å². The summed E-state index contributed by atoms with van der Waals surface area (Å²) in [5.41, 5.74) is 0.315. The molecule has 1 aliphatic carbocycles. The maximum absolute atomic E-state index is 13.0. The van der Waals surface area contributed by atoms with Crippen LogP contribution in [0.1, 0.15) is 62.7 Å². The van der Waals surface area contributed by atoms with Crippen LogP contribution in [0.15, 0.2) is 22.7 Å². The summed E-state index contributed by atoms with van der Waals surface area (Å²) < 4.78 is 12.1. The molecular formula is C23H30BrN3O5S. The van der Waals surface area contributed by atoms with E-state index in [1.54, 1.807) is 23.1 Å². The zero-order chi connectivity index (χ0) is 24.0. The first kappa shape index (κ1) is 25.4. The predicted molar refractivity (Wildman–Crippen MR) is 131 cm³/mol. The molecule has 1 heterocycles. The van der Waals surface area contributed by atoms with Gasteiger partial charge in [0.15, 0.2) is 5.11 Å². The van der Waals surface area contributed by atoms with Crippen LogP contribution in [0, 0.1) is 0 Å². The first-order chi connectivity index (χ1) is 15.7. The molecule has 1 saturated carbocycles. The summed E-state index contributed by atoms with van der Waals surface area (Å²) in [6.07, 6.45) is 4.62. The molecule has 180 valence electrons. The van der Waals surface area contributed by atoms with E-state index in [4.69, 9.17) is 21.7 Å². The number of rotatable bonds is 6. The lowest BCUT2D eigenvalue weighted by atomic mass is 9.98. The van der Waals surface area contributed by atoms with E-state index < -0.39 is 17.9 Å². The fourth-order valence-corrected chi connectivity index (χ4v) is 4.68. The molecule has 2 amide bonds. The Hall–Kier alpha value is -2.20. The molecule has 1 unspecified atom stereocenters. The average molecular weight is 540 g/mol. The van der Waals surface area contributed by atoms with Gasteiger partial charge in [-0.25, -0.2) is 0 Å². The smallest absolute Gasteiger partial charge is 0.308 e. The summed E-state index contributed by atoms with van der Waals surface area (Å²) in [7, 11) is 0. The number of thiocarbonyl (C=S) groups is 1. The van der Waals surface area contributed by atoms with Crippen LogP contribution in [0.2, 0.25) is 0 Å². The average Bonchev–Trinajstić information content (AvgIpc) is 2.76. The minimum atomic E-state index is -0.837. The Morgan fingerprint density at radius 1 is 1.27 bits per heavy atom. The second kappa shape index (κ2) is 11.8. The Labute approximate surface area is 207 Å². The number of ether oxygens (including phenoxy) is 2. The van der Waals surface area contributed by atoms with Gasteiger partial charge in [0, 0.05) is 17.6 Å². The molecule has 10 heteroatoms. The van der Waals surface area contributed by atoms with Crippen molar-refractivity contribution >= 4 is 51.0 Å². The Morgan fingerprint density at radius 3 is 2.70 bits per heavy atom. The Balaban J connectivity index is 1.68. The predicted octanol–water partition coefficient (Wildman–Crippen LogP) is 3.32. The van der Waals surface area contributed by atoms with Crippen LogP contribution in [0.3, 0.4) is 0 Å². The molecule has 1 aromatic rings. The van der Waals surface area contributed by atoms with Gasteiger partial charge in [0.05, 0.1) is 18.1 Å². The van der Waals surface area contributed by atoms with E-state index in [1.807, 2.05) is 13.8 Å². The third-order valence-electron chi connectivity index (χ3n) is 5.57. The van der Waals surface area contributed by atoms with Gasteiger partial charge in [-0.3, -0.25) is 19.7 Å². The Bertz CT molecular complexity index is 904. The van der Waals surface area contributed by atoms with Gasteiger partial charge in [-0.2, -0.15) is 0 Å². The molecule has 1 atom stereocenters. The topological polar surface area (TPSA) is 97.0 Å². The number of nitrogens with zero attached hydrogens (tertiary/aromatic N) is 1. The molecule has 1 aliphatic heterocycles. The quantitative estimate of drug-likeness (QED) is 0.422. The van der Waals surface area contributed by atoms with E-state index >= 15 is 0 Å². The monoisotopic (exact) mass is 539 g/mol. The van der Waals surface area contributed by atoms with Gasteiger partial charge in [0.25, 0.3) is 5.91 Å². The normalized spacial score (nSPS) is 19.1. The maximum atomic E-state index is 13.0. The minimum absolute atomic E-state index is 0.0841. The SMILES string of the molecule is CC(C)Oc1ccc(Br)cc1C(=O)NC(=S)N1CCNC(=O)C1CC(=O)OC1CCCCC1. The highest BCUT2D eigenvalue weighted by molar-refractivity contribution is 9.10. The highest BCUT2D eigenvalue weighted by atomic mass is 79.9. The number of carbonyl (C=O) groups excluding carboxylic acids is 3. The molecule has 0 radical (unpaired) electrons. The van der Waals surface area contributed by atoms with Gasteiger partial charge >= 0.3 is 5.97 Å². The molecule has 1 aromatic carbocycles. The zero-order valence-corrected chi connectivity index (χ0v) is 21.3. The van der Waals surface area contributed by atoms with Crippen LogP contribution < -0.4 is 15.4 Å². The largest absolute Gasteiger partial charge is 0.490 e. The molecule has 0 spiro atoms. The molecule has 3 rings (SSSR count). The van der Waals surface area contributed by atoms with E-state index in [1.165, 1.54) is 0 Å².